The van der Waals surface area contributed by atoms with Crippen LogP contribution in [0.5, 0.6) is 11.5 Å². The molecule has 0 saturated carbocycles. The number of nitrogens with zero attached hydrogens (tertiary/aromatic N) is 3. The van der Waals surface area contributed by atoms with Crippen LogP contribution in [-0.2, 0) is 16.8 Å². The standard InChI is InChI=1S/C28H29N3O3/c1-4-15-33-24-9-5-21(6-10-24)27(2,3)22-7-11-25(12-8-22)34-16-23-13-14-29-26(30-23)31-17-28(18-31)19-32-20-28/h1,5-14H,15-20H2,2-3H3. The van der Waals surface area contributed by atoms with E-state index in [-0.39, 0.29) is 12.0 Å². The maximum atomic E-state index is 6.02. The van der Waals surface area contributed by atoms with Crippen molar-refractivity contribution in [1.29, 1.82) is 0 Å². The highest BCUT2D eigenvalue weighted by atomic mass is 16.5. The molecular weight excluding hydrogens is 426 g/mol. The molecule has 0 amide bonds. The summed E-state index contributed by atoms with van der Waals surface area (Å²) in [5, 5.41) is 0. The smallest absolute Gasteiger partial charge is 0.225 e. The Morgan fingerprint density at radius 1 is 0.971 bits per heavy atom. The number of benzene rings is 2. The summed E-state index contributed by atoms with van der Waals surface area (Å²) < 4.78 is 16.9. The van der Waals surface area contributed by atoms with Crippen molar-refractivity contribution in [2.75, 3.05) is 37.8 Å². The van der Waals surface area contributed by atoms with Gasteiger partial charge in [-0.2, -0.15) is 0 Å². The fourth-order valence-electron chi connectivity index (χ4n) is 4.48. The zero-order valence-corrected chi connectivity index (χ0v) is 19.7. The van der Waals surface area contributed by atoms with Crippen LogP contribution in [0.25, 0.3) is 0 Å². The predicted molar refractivity (Wildman–Crippen MR) is 131 cm³/mol. The fourth-order valence-corrected chi connectivity index (χ4v) is 4.48. The van der Waals surface area contributed by atoms with E-state index in [1.54, 1.807) is 6.20 Å². The molecule has 2 aliphatic rings. The molecule has 5 rings (SSSR count). The molecule has 6 nitrogen and oxygen atoms in total. The van der Waals surface area contributed by atoms with Gasteiger partial charge in [0.15, 0.2) is 0 Å². The molecule has 0 unspecified atom stereocenters. The van der Waals surface area contributed by atoms with E-state index in [2.05, 4.69) is 58.9 Å². The molecule has 2 fully saturated rings. The third-order valence-electron chi connectivity index (χ3n) is 6.71. The molecule has 6 heteroatoms. The summed E-state index contributed by atoms with van der Waals surface area (Å²) in [4.78, 5) is 11.3. The van der Waals surface area contributed by atoms with Crippen LogP contribution in [0.2, 0.25) is 0 Å². The quantitative estimate of drug-likeness (QED) is 0.474. The highest BCUT2D eigenvalue weighted by Gasteiger charge is 2.49. The van der Waals surface area contributed by atoms with Crippen molar-refractivity contribution in [3.05, 3.63) is 77.6 Å². The van der Waals surface area contributed by atoms with Gasteiger partial charge in [-0.3, -0.25) is 0 Å². The Bertz CT molecular complexity index is 1170. The van der Waals surface area contributed by atoms with Gasteiger partial charge in [-0.15, -0.1) is 6.42 Å². The van der Waals surface area contributed by atoms with E-state index in [0.29, 0.717) is 12.0 Å². The minimum absolute atomic E-state index is 0.162. The second-order valence-corrected chi connectivity index (χ2v) is 9.65. The molecule has 3 heterocycles. The molecule has 0 bridgehead atoms. The van der Waals surface area contributed by atoms with Crippen molar-refractivity contribution in [1.82, 2.24) is 9.97 Å². The summed E-state index contributed by atoms with van der Waals surface area (Å²) in [7, 11) is 0. The highest BCUT2D eigenvalue weighted by molar-refractivity contribution is 5.42. The number of terminal acetylenes is 1. The first-order valence-electron chi connectivity index (χ1n) is 11.5. The lowest BCUT2D eigenvalue weighted by atomic mass is 9.78. The normalized spacial score (nSPS) is 16.3. The van der Waals surface area contributed by atoms with Crippen molar-refractivity contribution < 1.29 is 14.2 Å². The van der Waals surface area contributed by atoms with E-state index in [0.717, 1.165) is 49.4 Å². The van der Waals surface area contributed by atoms with Crippen LogP contribution in [0, 0.1) is 17.8 Å². The summed E-state index contributed by atoms with van der Waals surface area (Å²) in [6.07, 6.45) is 7.07. The fraction of sp³-hybridized carbons (Fsp3) is 0.357. The Morgan fingerprint density at radius 2 is 1.59 bits per heavy atom. The second-order valence-electron chi connectivity index (χ2n) is 9.65. The molecule has 0 N–H and O–H groups in total. The third kappa shape index (κ3) is 4.44. The van der Waals surface area contributed by atoms with E-state index in [1.165, 1.54) is 11.1 Å². The van der Waals surface area contributed by atoms with E-state index in [9.17, 15) is 0 Å². The summed E-state index contributed by atoms with van der Waals surface area (Å²) in [6.45, 7) is 8.73. The van der Waals surface area contributed by atoms with Gasteiger partial charge in [0.2, 0.25) is 5.95 Å². The number of ether oxygens (including phenoxy) is 3. The molecule has 2 saturated heterocycles. The Morgan fingerprint density at radius 3 is 2.15 bits per heavy atom. The van der Waals surface area contributed by atoms with Gasteiger partial charge in [0.05, 0.1) is 24.3 Å². The van der Waals surface area contributed by atoms with Crippen molar-refractivity contribution in [3.63, 3.8) is 0 Å². The van der Waals surface area contributed by atoms with E-state index in [1.807, 2.05) is 30.3 Å². The number of rotatable bonds is 8. The van der Waals surface area contributed by atoms with Gasteiger partial charge in [-0.05, 0) is 41.5 Å². The first-order chi connectivity index (χ1) is 16.5. The van der Waals surface area contributed by atoms with Gasteiger partial charge >= 0.3 is 0 Å². The van der Waals surface area contributed by atoms with Gasteiger partial charge in [-0.25, -0.2) is 9.97 Å². The lowest BCUT2D eigenvalue weighted by Gasteiger charge is -2.54. The maximum Gasteiger partial charge on any atom is 0.225 e. The number of anilines is 1. The zero-order chi connectivity index (χ0) is 23.6. The Balaban J connectivity index is 1.19. The van der Waals surface area contributed by atoms with Crippen LogP contribution >= 0.6 is 0 Å². The molecule has 1 aromatic heterocycles. The van der Waals surface area contributed by atoms with Crippen LogP contribution in [0.1, 0.15) is 30.7 Å². The first kappa shape index (κ1) is 22.2. The SMILES string of the molecule is C#CCOc1ccc(C(C)(C)c2ccc(OCc3ccnc(N4CC5(COC5)C4)n3)cc2)cc1. The predicted octanol–water partition coefficient (Wildman–Crippen LogP) is 4.23. The molecule has 2 aliphatic heterocycles. The lowest BCUT2D eigenvalue weighted by Crippen LogP contribution is -2.66. The van der Waals surface area contributed by atoms with E-state index in [4.69, 9.17) is 20.6 Å². The van der Waals surface area contributed by atoms with Crippen LogP contribution < -0.4 is 14.4 Å². The van der Waals surface area contributed by atoms with Gasteiger partial charge < -0.3 is 19.1 Å². The van der Waals surface area contributed by atoms with Crippen molar-refractivity contribution in [2.45, 2.75) is 25.9 Å². The second kappa shape index (κ2) is 9.00. The lowest BCUT2D eigenvalue weighted by molar-refractivity contribution is -0.127. The molecule has 2 aromatic carbocycles. The van der Waals surface area contributed by atoms with Crippen LogP contribution in [0.4, 0.5) is 5.95 Å². The Kier molecular flexibility index (Phi) is 5.89. The Labute approximate surface area is 200 Å². The molecule has 34 heavy (non-hydrogen) atoms. The van der Waals surface area contributed by atoms with Gasteiger partial charge in [-0.1, -0.05) is 44.0 Å². The average Bonchev–Trinajstić information content (AvgIpc) is 2.80. The average molecular weight is 456 g/mol. The third-order valence-corrected chi connectivity index (χ3v) is 6.71. The first-order valence-corrected chi connectivity index (χ1v) is 11.5. The van der Waals surface area contributed by atoms with Crippen molar-refractivity contribution in [2.24, 2.45) is 5.41 Å². The van der Waals surface area contributed by atoms with Gasteiger partial charge in [0, 0.05) is 24.7 Å². The van der Waals surface area contributed by atoms with Crippen LogP contribution in [0.3, 0.4) is 0 Å². The number of hydrogen-bond donors (Lipinski definition) is 0. The molecule has 3 aromatic rings. The number of aromatic nitrogens is 2. The largest absolute Gasteiger partial charge is 0.487 e. The van der Waals surface area contributed by atoms with Gasteiger partial charge in [0.25, 0.3) is 0 Å². The molecule has 0 radical (unpaired) electrons. The Hall–Kier alpha value is -3.56. The summed E-state index contributed by atoms with van der Waals surface area (Å²) in [5.74, 6) is 4.85. The van der Waals surface area contributed by atoms with Crippen molar-refractivity contribution >= 4 is 5.95 Å². The zero-order valence-electron chi connectivity index (χ0n) is 19.7. The molecule has 174 valence electrons. The summed E-state index contributed by atoms with van der Waals surface area (Å²) in [5.41, 5.74) is 3.44. The van der Waals surface area contributed by atoms with Crippen LogP contribution in [0.15, 0.2) is 60.8 Å². The summed E-state index contributed by atoms with van der Waals surface area (Å²) in [6, 6.07) is 18.2. The van der Waals surface area contributed by atoms with Crippen molar-refractivity contribution in [3.8, 4) is 23.8 Å². The van der Waals surface area contributed by atoms with E-state index >= 15 is 0 Å². The van der Waals surface area contributed by atoms with E-state index < -0.39 is 0 Å². The monoisotopic (exact) mass is 455 g/mol. The molecular formula is C28H29N3O3. The minimum Gasteiger partial charge on any atom is -0.487 e. The summed E-state index contributed by atoms with van der Waals surface area (Å²) >= 11 is 0. The minimum atomic E-state index is -0.162. The van der Waals surface area contributed by atoms with Crippen LogP contribution in [-0.4, -0.2) is 42.9 Å². The van der Waals surface area contributed by atoms with Gasteiger partial charge in [0.1, 0.15) is 24.7 Å². The maximum absolute atomic E-state index is 6.02. The topological polar surface area (TPSA) is 56.7 Å². The molecule has 1 spiro atoms. The highest BCUT2D eigenvalue weighted by Crippen LogP contribution is 2.39. The molecule has 0 atom stereocenters. The number of hydrogen-bond acceptors (Lipinski definition) is 6. The molecule has 0 aliphatic carbocycles.